The van der Waals surface area contributed by atoms with Crippen LogP contribution in [-0.2, 0) is 6.54 Å². The lowest BCUT2D eigenvalue weighted by Gasteiger charge is -2.41. The second kappa shape index (κ2) is 6.04. The average Bonchev–Trinajstić information content (AvgIpc) is 2.67. The molecule has 18 heavy (non-hydrogen) atoms. The fraction of sp³-hybridized carbons (Fsp3) is 0.714. The van der Waals surface area contributed by atoms with Crippen molar-refractivity contribution < 1.29 is 0 Å². The van der Waals surface area contributed by atoms with Gasteiger partial charge in [-0.3, -0.25) is 0 Å². The maximum atomic E-state index is 3.68. The van der Waals surface area contributed by atoms with Gasteiger partial charge in [0.05, 0.1) is 3.79 Å². The fourth-order valence-corrected chi connectivity index (χ4v) is 3.90. The molecule has 0 amide bonds. The van der Waals surface area contributed by atoms with Gasteiger partial charge in [0.2, 0.25) is 0 Å². The van der Waals surface area contributed by atoms with Crippen LogP contribution in [0.25, 0.3) is 0 Å². The van der Waals surface area contributed by atoms with E-state index in [1.807, 2.05) is 0 Å². The highest BCUT2D eigenvalue weighted by Crippen LogP contribution is 2.30. The zero-order chi connectivity index (χ0) is 13.2. The van der Waals surface area contributed by atoms with Crippen molar-refractivity contribution >= 4 is 27.3 Å². The Hall–Kier alpha value is 0.1000. The summed E-state index contributed by atoms with van der Waals surface area (Å²) in [5.74, 6) is 0. The molecule has 0 saturated carbocycles. The molecule has 1 aliphatic heterocycles. The SMILES string of the molecule is CN(Cc1csc(Br)c1)CC1NCCCC1(C)C. The highest BCUT2D eigenvalue weighted by Gasteiger charge is 2.32. The van der Waals surface area contributed by atoms with Gasteiger partial charge in [-0.15, -0.1) is 11.3 Å². The molecule has 1 fully saturated rings. The third-order valence-electron chi connectivity index (χ3n) is 3.90. The van der Waals surface area contributed by atoms with E-state index in [2.05, 4.69) is 58.5 Å². The third-order valence-corrected chi connectivity index (χ3v) is 5.45. The van der Waals surface area contributed by atoms with E-state index in [4.69, 9.17) is 0 Å². The van der Waals surface area contributed by atoms with Crippen LogP contribution in [-0.4, -0.2) is 31.1 Å². The van der Waals surface area contributed by atoms with Gasteiger partial charge in [0, 0.05) is 19.1 Å². The van der Waals surface area contributed by atoms with Crippen LogP contribution in [0.1, 0.15) is 32.3 Å². The molecule has 4 heteroatoms. The summed E-state index contributed by atoms with van der Waals surface area (Å²) in [7, 11) is 2.22. The van der Waals surface area contributed by atoms with Crippen molar-refractivity contribution in [3.8, 4) is 0 Å². The topological polar surface area (TPSA) is 15.3 Å². The Balaban J connectivity index is 1.88. The summed E-state index contributed by atoms with van der Waals surface area (Å²) in [6.45, 7) is 8.11. The molecule has 1 aliphatic rings. The Morgan fingerprint density at radius 2 is 2.33 bits per heavy atom. The van der Waals surface area contributed by atoms with Gasteiger partial charge in [-0.1, -0.05) is 13.8 Å². The molecule has 0 radical (unpaired) electrons. The zero-order valence-corrected chi connectivity index (χ0v) is 13.9. The van der Waals surface area contributed by atoms with E-state index >= 15 is 0 Å². The molecule has 0 spiro atoms. The standard InChI is InChI=1S/C14H23BrN2S/c1-14(2)5-4-6-16-12(14)9-17(3)8-11-7-13(15)18-10-11/h7,10,12,16H,4-6,8-9H2,1-3H3. The van der Waals surface area contributed by atoms with Gasteiger partial charge in [0.15, 0.2) is 0 Å². The lowest BCUT2D eigenvalue weighted by Crippen LogP contribution is -2.52. The quantitative estimate of drug-likeness (QED) is 0.905. The number of thiophene rings is 1. The van der Waals surface area contributed by atoms with Gasteiger partial charge in [0.1, 0.15) is 0 Å². The van der Waals surface area contributed by atoms with Gasteiger partial charge in [0.25, 0.3) is 0 Å². The lowest BCUT2D eigenvalue weighted by atomic mass is 9.77. The Kier molecular flexibility index (Phi) is 4.86. The molecule has 2 nitrogen and oxygen atoms in total. The molecular formula is C14H23BrN2S. The number of rotatable bonds is 4. The second-order valence-corrected chi connectivity index (χ2v) is 8.35. The number of halogens is 1. The highest BCUT2D eigenvalue weighted by molar-refractivity contribution is 9.11. The van der Waals surface area contributed by atoms with Crippen molar-refractivity contribution in [2.75, 3.05) is 20.1 Å². The van der Waals surface area contributed by atoms with Crippen LogP contribution < -0.4 is 5.32 Å². The van der Waals surface area contributed by atoms with E-state index in [0.29, 0.717) is 11.5 Å². The Morgan fingerprint density at radius 3 is 2.94 bits per heavy atom. The summed E-state index contributed by atoms with van der Waals surface area (Å²) < 4.78 is 1.22. The minimum Gasteiger partial charge on any atom is -0.312 e. The Morgan fingerprint density at radius 1 is 1.56 bits per heavy atom. The molecule has 0 bridgehead atoms. The molecule has 0 aromatic carbocycles. The summed E-state index contributed by atoms with van der Waals surface area (Å²) in [5.41, 5.74) is 1.82. The van der Waals surface area contributed by atoms with Crippen LogP contribution in [0.5, 0.6) is 0 Å². The Labute approximate surface area is 123 Å². The van der Waals surface area contributed by atoms with E-state index in [-0.39, 0.29) is 0 Å². The van der Waals surface area contributed by atoms with Crippen molar-refractivity contribution in [3.05, 3.63) is 20.8 Å². The van der Waals surface area contributed by atoms with Gasteiger partial charge in [-0.25, -0.2) is 0 Å². The molecule has 1 unspecified atom stereocenters. The molecule has 1 saturated heterocycles. The predicted octanol–water partition coefficient (Wildman–Crippen LogP) is 3.72. The van der Waals surface area contributed by atoms with Crippen molar-refractivity contribution in [2.24, 2.45) is 5.41 Å². The zero-order valence-electron chi connectivity index (χ0n) is 11.5. The summed E-state index contributed by atoms with van der Waals surface area (Å²) >= 11 is 5.29. The molecule has 2 rings (SSSR count). The molecule has 1 aromatic heterocycles. The predicted molar refractivity (Wildman–Crippen MR) is 83.2 cm³/mol. The molecule has 1 N–H and O–H groups in total. The number of likely N-dealkylation sites (N-methyl/N-ethyl adjacent to an activating group) is 1. The number of nitrogens with zero attached hydrogens (tertiary/aromatic N) is 1. The summed E-state index contributed by atoms with van der Waals surface area (Å²) in [5, 5.41) is 5.92. The molecule has 102 valence electrons. The van der Waals surface area contributed by atoms with Crippen molar-refractivity contribution in [1.82, 2.24) is 10.2 Å². The van der Waals surface area contributed by atoms with Gasteiger partial charge >= 0.3 is 0 Å². The van der Waals surface area contributed by atoms with Crippen molar-refractivity contribution in [1.29, 1.82) is 0 Å². The maximum Gasteiger partial charge on any atom is 0.0701 e. The molecule has 1 aromatic rings. The van der Waals surface area contributed by atoms with Crippen LogP contribution in [0, 0.1) is 5.41 Å². The minimum atomic E-state index is 0.418. The van der Waals surface area contributed by atoms with Crippen molar-refractivity contribution in [2.45, 2.75) is 39.3 Å². The monoisotopic (exact) mass is 330 g/mol. The molecule has 2 heterocycles. The van der Waals surface area contributed by atoms with E-state index in [0.717, 1.165) is 13.1 Å². The largest absolute Gasteiger partial charge is 0.312 e. The first kappa shape index (κ1) is 14.5. The summed E-state index contributed by atoms with van der Waals surface area (Å²) in [4.78, 5) is 2.43. The van der Waals surface area contributed by atoms with E-state index < -0.39 is 0 Å². The van der Waals surface area contributed by atoms with Crippen LogP contribution in [0.4, 0.5) is 0 Å². The summed E-state index contributed by atoms with van der Waals surface area (Å²) in [6.07, 6.45) is 2.65. The van der Waals surface area contributed by atoms with Crippen LogP contribution >= 0.6 is 27.3 Å². The smallest absolute Gasteiger partial charge is 0.0701 e. The second-order valence-electron chi connectivity index (χ2n) is 6.05. The number of hydrogen-bond donors (Lipinski definition) is 1. The number of piperidine rings is 1. The molecule has 0 aliphatic carbocycles. The maximum absolute atomic E-state index is 3.68. The normalized spacial score (nSPS) is 23.5. The van der Waals surface area contributed by atoms with E-state index in [1.165, 1.54) is 28.7 Å². The number of hydrogen-bond acceptors (Lipinski definition) is 3. The van der Waals surface area contributed by atoms with Crippen LogP contribution in [0.2, 0.25) is 0 Å². The lowest BCUT2D eigenvalue weighted by molar-refractivity contribution is 0.136. The van der Waals surface area contributed by atoms with Crippen LogP contribution in [0.3, 0.4) is 0 Å². The average molecular weight is 331 g/mol. The van der Waals surface area contributed by atoms with E-state index in [9.17, 15) is 0 Å². The number of nitrogens with one attached hydrogen (secondary N) is 1. The van der Waals surface area contributed by atoms with Gasteiger partial charge in [-0.05, 0) is 64.8 Å². The molecular weight excluding hydrogens is 308 g/mol. The highest BCUT2D eigenvalue weighted by atomic mass is 79.9. The Bertz CT molecular complexity index is 389. The van der Waals surface area contributed by atoms with Crippen molar-refractivity contribution in [3.63, 3.8) is 0 Å². The first-order chi connectivity index (χ1) is 8.47. The first-order valence-electron chi connectivity index (χ1n) is 6.62. The third kappa shape index (κ3) is 3.80. The van der Waals surface area contributed by atoms with Gasteiger partial charge < -0.3 is 10.2 Å². The minimum absolute atomic E-state index is 0.418. The van der Waals surface area contributed by atoms with Crippen LogP contribution in [0.15, 0.2) is 15.2 Å². The van der Waals surface area contributed by atoms with E-state index in [1.54, 1.807) is 11.3 Å². The first-order valence-corrected chi connectivity index (χ1v) is 8.29. The fourth-order valence-electron chi connectivity index (χ4n) is 2.70. The van der Waals surface area contributed by atoms with Gasteiger partial charge in [-0.2, -0.15) is 0 Å². The summed E-state index contributed by atoms with van der Waals surface area (Å²) in [6, 6.07) is 2.83. The molecule has 1 atom stereocenters.